The number of likely N-dealkylation sites (tertiary alicyclic amines) is 1. The van der Waals surface area contributed by atoms with Crippen molar-refractivity contribution in [1.82, 2.24) is 4.90 Å². The Morgan fingerprint density at radius 3 is 3.00 bits per heavy atom. The average molecular weight is 237 g/mol. The van der Waals surface area contributed by atoms with E-state index >= 15 is 0 Å². The van der Waals surface area contributed by atoms with Crippen LogP contribution in [0.1, 0.15) is 49.2 Å². The molecule has 1 saturated heterocycles. The SMILES string of the molecule is CCC1CCC(C)N1Cc1ccoc1C(=O)O. The number of nitrogens with zero attached hydrogens (tertiary/aromatic N) is 1. The average Bonchev–Trinajstić information content (AvgIpc) is 2.88. The molecule has 1 aromatic heterocycles. The van der Waals surface area contributed by atoms with Gasteiger partial charge in [0.15, 0.2) is 0 Å². The first kappa shape index (κ1) is 12.2. The maximum absolute atomic E-state index is 11.0. The van der Waals surface area contributed by atoms with Crippen LogP contribution in [0.25, 0.3) is 0 Å². The Morgan fingerprint density at radius 2 is 2.35 bits per heavy atom. The molecule has 0 bridgehead atoms. The lowest BCUT2D eigenvalue weighted by Crippen LogP contribution is -2.33. The molecule has 4 heteroatoms. The van der Waals surface area contributed by atoms with Crippen molar-refractivity contribution in [2.45, 2.75) is 51.7 Å². The molecule has 0 aromatic carbocycles. The summed E-state index contributed by atoms with van der Waals surface area (Å²) >= 11 is 0. The predicted octanol–water partition coefficient (Wildman–Crippen LogP) is 2.74. The highest BCUT2D eigenvalue weighted by Crippen LogP contribution is 2.28. The van der Waals surface area contributed by atoms with Gasteiger partial charge in [-0.15, -0.1) is 0 Å². The van der Waals surface area contributed by atoms with E-state index in [0.29, 0.717) is 18.6 Å². The smallest absolute Gasteiger partial charge is 0.372 e. The van der Waals surface area contributed by atoms with Gasteiger partial charge in [-0.25, -0.2) is 4.79 Å². The number of carboxylic acid groups (broad SMARTS) is 1. The van der Waals surface area contributed by atoms with E-state index in [4.69, 9.17) is 9.52 Å². The molecule has 2 atom stereocenters. The van der Waals surface area contributed by atoms with Crippen LogP contribution < -0.4 is 0 Å². The molecule has 0 amide bonds. The van der Waals surface area contributed by atoms with Gasteiger partial charge in [0.05, 0.1) is 6.26 Å². The zero-order valence-electron chi connectivity index (χ0n) is 10.3. The maximum atomic E-state index is 11.0. The van der Waals surface area contributed by atoms with Crippen molar-refractivity contribution in [1.29, 1.82) is 0 Å². The molecule has 17 heavy (non-hydrogen) atoms. The van der Waals surface area contributed by atoms with E-state index in [0.717, 1.165) is 12.0 Å². The fourth-order valence-electron chi connectivity index (χ4n) is 2.69. The number of aromatic carboxylic acids is 1. The summed E-state index contributed by atoms with van der Waals surface area (Å²) in [5.41, 5.74) is 0.782. The summed E-state index contributed by atoms with van der Waals surface area (Å²) < 4.78 is 5.01. The van der Waals surface area contributed by atoms with E-state index in [1.165, 1.54) is 19.1 Å². The molecule has 2 heterocycles. The molecule has 94 valence electrons. The van der Waals surface area contributed by atoms with Gasteiger partial charge in [-0.05, 0) is 32.3 Å². The molecule has 1 fully saturated rings. The van der Waals surface area contributed by atoms with E-state index in [-0.39, 0.29) is 5.76 Å². The fourth-order valence-corrected chi connectivity index (χ4v) is 2.69. The van der Waals surface area contributed by atoms with Gasteiger partial charge in [-0.2, -0.15) is 0 Å². The van der Waals surface area contributed by atoms with E-state index in [2.05, 4.69) is 18.7 Å². The Balaban J connectivity index is 2.14. The zero-order chi connectivity index (χ0) is 12.4. The normalized spacial score (nSPS) is 25.3. The molecule has 2 rings (SSSR count). The van der Waals surface area contributed by atoms with Crippen LogP contribution in [0.4, 0.5) is 0 Å². The van der Waals surface area contributed by atoms with Gasteiger partial charge in [0.2, 0.25) is 5.76 Å². The van der Waals surface area contributed by atoms with E-state index in [1.54, 1.807) is 6.07 Å². The Bertz CT molecular complexity index is 399. The van der Waals surface area contributed by atoms with E-state index in [9.17, 15) is 4.79 Å². The van der Waals surface area contributed by atoms with Crippen LogP contribution in [-0.4, -0.2) is 28.1 Å². The van der Waals surface area contributed by atoms with E-state index in [1.807, 2.05) is 0 Å². The second-order valence-corrected chi connectivity index (χ2v) is 4.74. The summed E-state index contributed by atoms with van der Waals surface area (Å²) in [6.45, 7) is 5.07. The van der Waals surface area contributed by atoms with Gasteiger partial charge in [0.25, 0.3) is 0 Å². The van der Waals surface area contributed by atoms with Gasteiger partial charge in [-0.3, -0.25) is 4.90 Å². The molecule has 1 aromatic rings. The minimum Gasteiger partial charge on any atom is -0.475 e. The number of rotatable bonds is 4. The highest BCUT2D eigenvalue weighted by atomic mass is 16.4. The summed E-state index contributed by atoms with van der Waals surface area (Å²) in [4.78, 5) is 13.4. The van der Waals surface area contributed by atoms with Gasteiger partial charge in [0, 0.05) is 24.2 Å². The topological polar surface area (TPSA) is 53.7 Å². The molecule has 1 aliphatic rings. The molecular weight excluding hydrogens is 218 g/mol. The standard InChI is InChI=1S/C13H19NO3/c1-3-11-5-4-9(2)14(11)8-10-6-7-17-12(10)13(15)16/h6-7,9,11H,3-5,8H2,1-2H3,(H,15,16). The van der Waals surface area contributed by atoms with Crippen molar-refractivity contribution < 1.29 is 14.3 Å². The van der Waals surface area contributed by atoms with Crippen molar-refractivity contribution >= 4 is 5.97 Å². The second-order valence-electron chi connectivity index (χ2n) is 4.74. The first-order valence-electron chi connectivity index (χ1n) is 6.18. The summed E-state index contributed by atoms with van der Waals surface area (Å²) in [6, 6.07) is 2.86. The Labute approximate surface area is 101 Å². The Kier molecular flexibility index (Phi) is 3.52. The number of hydrogen-bond acceptors (Lipinski definition) is 3. The lowest BCUT2D eigenvalue weighted by atomic mass is 10.1. The van der Waals surface area contributed by atoms with Crippen LogP contribution in [0, 0.1) is 0 Å². The summed E-state index contributed by atoms with van der Waals surface area (Å²) in [5.74, 6) is -0.899. The van der Waals surface area contributed by atoms with Crippen LogP contribution in [0.3, 0.4) is 0 Å². The van der Waals surface area contributed by atoms with Crippen LogP contribution in [-0.2, 0) is 6.54 Å². The maximum Gasteiger partial charge on any atom is 0.372 e. The van der Waals surface area contributed by atoms with Crippen LogP contribution in [0.15, 0.2) is 16.7 Å². The summed E-state index contributed by atoms with van der Waals surface area (Å²) in [6.07, 6.45) is 4.97. The first-order chi connectivity index (χ1) is 8.13. The Morgan fingerprint density at radius 1 is 1.59 bits per heavy atom. The molecular formula is C13H19NO3. The van der Waals surface area contributed by atoms with Crippen molar-refractivity contribution in [3.05, 3.63) is 23.7 Å². The third-order valence-electron chi connectivity index (χ3n) is 3.72. The molecule has 0 radical (unpaired) electrons. The zero-order valence-corrected chi connectivity index (χ0v) is 10.3. The van der Waals surface area contributed by atoms with Crippen LogP contribution >= 0.6 is 0 Å². The van der Waals surface area contributed by atoms with Gasteiger partial charge < -0.3 is 9.52 Å². The van der Waals surface area contributed by atoms with Crippen LogP contribution in [0.2, 0.25) is 0 Å². The molecule has 1 aliphatic heterocycles. The van der Waals surface area contributed by atoms with Crippen LogP contribution in [0.5, 0.6) is 0 Å². The minimum atomic E-state index is -0.982. The summed E-state index contributed by atoms with van der Waals surface area (Å²) in [7, 11) is 0. The first-order valence-corrected chi connectivity index (χ1v) is 6.18. The molecule has 0 spiro atoms. The largest absolute Gasteiger partial charge is 0.475 e. The van der Waals surface area contributed by atoms with Gasteiger partial charge in [-0.1, -0.05) is 6.92 Å². The lowest BCUT2D eigenvalue weighted by Gasteiger charge is -2.27. The number of carboxylic acids is 1. The molecule has 2 unspecified atom stereocenters. The van der Waals surface area contributed by atoms with Crippen molar-refractivity contribution in [3.63, 3.8) is 0 Å². The fraction of sp³-hybridized carbons (Fsp3) is 0.615. The minimum absolute atomic E-state index is 0.0824. The van der Waals surface area contributed by atoms with E-state index < -0.39 is 5.97 Å². The number of hydrogen-bond donors (Lipinski definition) is 1. The molecule has 4 nitrogen and oxygen atoms in total. The third-order valence-corrected chi connectivity index (χ3v) is 3.72. The van der Waals surface area contributed by atoms with Gasteiger partial charge >= 0.3 is 5.97 Å². The quantitative estimate of drug-likeness (QED) is 0.874. The molecule has 0 saturated carbocycles. The molecule has 1 N–H and O–H groups in total. The monoisotopic (exact) mass is 237 g/mol. The van der Waals surface area contributed by atoms with Crippen molar-refractivity contribution in [3.8, 4) is 0 Å². The predicted molar refractivity (Wildman–Crippen MR) is 64.0 cm³/mol. The Hall–Kier alpha value is -1.29. The number of carbonyl (C=O) groups is 1. The van der Waals surface area contributed by atoms with Gasteiger partial charge in [0.1, 0.15) is 0 Å². The molecule has 0 aliphatic carbocycles. The summed E-state index contributed by atoms with van der Waals surface area (Å²) in [5, 5.41) is 9.01. The number of furan rings is 1. The lowest BCUT2D eigenvalue weighted by molar-refractivity contribution is 0.0657. The second kappa shape index (κ2) is 4.92. The highest BCUT2D eigenvalue weighted by molar-refractivity contribution is 5.86. The third kappa shape index (κ3) is 2.36. The van der Waals surface area contributed by atoms with Crippen molar-refractivity contribution in [2.24, 2.45) is 0 Å². The van der Waals surface area contributed by atoms with Crippen molar-refractivity contribution in [2.75, 3.05) is 0 Å². The highest BCUT2D eigenvalue weighted by Gasteiger charge is 2.30.